The topological polar surface area (TPSA) is 73.9 Å². The SMILES string of the molecule is CC(C)OCc1nc(N)nc(Cl)n1. The van der Waals surface area contributed by atoms with Crippen molar-refractivity contribution in [1.82, 2.24) is 15.0 Å². The molecule has 1 aromatic heterocycles. The van der Waals surface area contributed by atoms with Gasteiger partial charge in [0.15, 0.2) is 5.82 Å². The number of anilines is 1. The number of rotatable bonds is 3. The molecule has 0 fully saturated rings. The van der Waals surface area contributed by atoms with E-state index in [1.54, 1.807) is 0 Å². The Labute approximate surface area is 81.3 Å². The van der Waals surface area contributed by atoms with Crippen LogP contribution in [0.2, 0.25) is 5.28 Å². The number of hydrogen-bond acceptors (Lipinski definition) is 5. The molecule has 0 radical (unpaired) electrons. The largest absolute Gasteiger partial charge is 0.371 e. The van der Waals surface area contributed by atoms with Gasteiger partial charge in [0, 0.05) is 0 Å². The molecule has 0 saturated carbocycles. The second-order valence-corrected chi connectivity index (χ2v) is 3.08. The van der Waals surface area contributed by atoms with Crippen LogP contribution in [0.15, 0.2) is 0 Å². The van der Waals surface area contributed by atoms with E-state index in [4.69, 9.17) is 22.1 Å². The molecule has 0 aliphatic carbocycles. The van der Waals surface area contributed by atoms with E-state index in [0.29, 0.717) is 12.4 Å². The summed E-state index contributed by atoms with van der Waals surface area (Å²) in [5.41, 5.74) is 5.36. The third kappa shape index (κ3) is 3.52. The second kappa shape index (κ2) is 4.34. The lowest BCUT2D eigenvalue weighted by molar-refractivity contribution is 0.0612. The first kappa shape index (κ1) is 10.1. The van der Waals surface area contributed by atoms with Crippen LogP contribution in [0.4, 0.5) is 5.95 Å². The summed E-state index contributed by atoms with van der Waals surface area (Å²) in [5, 5.41) is 0.0925. The summed E-state index contributed by atoms with van der Waals surface area (Å²) in [7, 11) is 0. The molecule has 6 heteroatoms. The highest BCUT2D eigenvalue weighted by Crippen LogP contribution is 2.04. The van der Waals surface area contributed by atoms with Gasteiger partial charge in [0.25, 0.3) is 0 Å². The summed E-state index contributed by atoms with van der Waals surface area (Å²) >= 11 is 5.57. The number of hydrogen-bond donors (Lipinski definition) is 1. The standard InChI is InChI=1S/C7H11ClN4O/c1-4(2)13-3-5-10-6(8)12-7(9)11-5/h4H,3H2,1-2H3,(H2,9,10,11,12). The minimum absolute atomic E-state index is 0.0925. The molecular formula is C7H11ClN4O. The summed E-state index contributed by atoms with van der Waals surface area (Å²) in [5.74, 6) is 0.563. The number of nitrogens with zero attached hydrogens (tertiary/aromatic N) is 3. The Morgan fingerprint density at radius 2 is 2.08 bits per heavy atom. The van der Waals surface area contributed by atoms with Crippen molar-refractivity contribution in [3.05, 3.63) is 11.1 Å². The smallest absolute Gasteiger partial charge is 0.227 e. The normalized spacial score (nSPS) is 10.8. The monoisotopic (exact) mass is 202 g/mol. The lowest BCUT2D eigenvalue weighted by Crippen LogP contribution is -2.08. The van der Waals surface area contributed by atoms with Crippen LogP contribution < -0.4 is 5.73 Å². The van der Waals surface area contributed by atoms with Crippen LogP contribution in [-0.4, -0.2) is 21.1 Å². The molecule has 0 saturated heterocycles. The number of aromatic nitrogens is 3. The van der Waals surface area contributed by atoms with Crippen LogP contribution in [0.3, 0.4) is 0 Å². The minimum Gasteiger partial charge on any atom is -0.371 e. The Hall–Kier alpha value is -0.940. The molecule has 1 heterocycles. The van der Waals surface area contributed by atoms with Crippen molar-refractivity contribution in [2.24, 2.45) is 0 Å². The number of nitrogen functional groups attached to an aromatic ring is 1. The Kier molecular flexibility index (Phi) is 3.39. The molecule has 0 bridgehead atoms. The van der Waals surface area contributed by atoms with Gasteiger partial charge in [-0.1, -0.05) is 0 Å². The van der Waals surface area contributed by atoms with E-state index in [9.17, 15) is 0 Å². The Balaban J connectivity index is 2.66. The summed E-state index contributed by atoms with van der Waals surface area (Å²) < 4.78 is 5.27. The van der Waals surface area contributed by atoms with E-state index in [1.165, 1.54) is 0 Å². The third-order valence-electron chi connectivity index (χ3n) is 1.22. The van der Waals surface area contributed by atoms with E-state index >= 15 is 0 Å². The first-order chi connectivity index (χ1) is 6.08. The molecule has 0 aliphatic heterocycles. The molecule has 1 aromatic rings. The molecule has 72 valence electrons. The fraction of sp³-hybridized carbons (Fsp3) is 0.571. The van der Waals surface area contributed by atoms with Crippen LogP contribution in [0.25, 0.3) is 0 Å². The van der Waals surface area contributed by atoms with Crippen molar-refractivity contribution >= 4 is 17.5 Å². The van der Waals surface area contributed by atoms with Crippen LogP contribution >= 0.6 is 11.6 Å². The number of ether oxygens (including phenoxy) is 1. The van der Waals surface area contributed by atoms with Crippen molar-refractivity contribution in [3.63, 3.8) is 0 Å². The Morgan fingerprint density at radius 3 is 2.62 bits per heavy atom. The van der Waals surface area contributed by atoms with Gasteiger partial charge in [-0.15, -0.1) is 0 Å². The Morgan fingerprint density at radius 1 is 1.38 bits per heavy atom. The first-order valence-corrected chi connectivity index (χ1v) is 4.23. The Bertz CT molecular complexity index is 272. The van der Waals surface area contributed by atoms with Gasteiger partial charge in [-0.25, -0.2) is 4.98 Å². The zero-order chi connectivity index (χ0) is 9.84. The second-order valence-electron chi connectivity index (χ2n) is 2.74. The van der Waals surface area contributed by atoms with E-state index in [2.05, 4.69) is 15.0 Å². The predicted molar refractivity (Wildman–Crippen MR) is 49.2 cm³/mol. The van der Waals surface area contributed by atoms with E-state index in [0.717, 1.165) is 0 Å². The lowest BCUT2D eigenvalue weighted by atomic mass is 10.5. The summed E-state index contributed by atoms with van der Waals surface area (Å²) in [6, 6.07) is 0. The summed E-state index contributed by atoms with van der Waals surface area (Å²) in [4.78, 5) is 11.3. The van der Waals surface area contributed by atoms with Gasteiger partial charge in [0.05, 0.1) is 6.10 Å². The number of nitrogens with two attached hydrogens (primary N) is 1. The van der Waals surface area contributed by atoms with Gasteiger partial charge in [0.2, 0.25) is 11.2 Å². The average molecular weight is 203 g/mol. The zero-order valence-electron chi connectivity index (χ0n) is 7.49. The first-order valence-electron chi connectivity index (χ1n) is 3.85. The van der Waals surface area contributed by atoms with Crippen molar-refractivity contribution in [2.45, 2.75) is 26.6 Å². The van der Waals surface area contributed by atoms with Crippen LogP contribution in [0, 0.1) is 0 Å². The highest BCUT2D eigenvalue weighted by Gasteiger charge is 2.03. The predicted octanol–water partition coefficient (Wildman–Crippen LogP) is 1.03. The molecule has 0 spiro atoms. The van der Waals surface area contributed by atoms with Crippen LogP contribution in [0.5, 0.6) is 0 Å². The fourth-order valence-corrected chi connectivity index (χ4v) is 0.898. The molecule has 2 N–H and O–H groups in total. The third-order valence-corrected chi connectivity index (χ3v) is 1.39. The van der Waals surface area contributed by atoms with Gasteiger partial charge in [-0.3, -0.25) is 0 Å². The van der Waals surface area contributed by atoms with E-state index in [1.807, 2.05) is 13.8 Å². The maximum Gasteiger partial charge on any atom is 0.227 e. The molecular weight excluding hydrogens is 192 g/mol. The van der Waals surface area contributed by atoms with Gasteiger partial charge in [-0.2, -0.15) is 9.97 Å². The lowest BCUT2D eigenvalue weighted by Gasteiger charge is -2.06. The van der Waals surface area contributed by atoms with E-state index in [-0.39, 0.29) is 17.3 Å². The fourth-order valence-electron chi connectivity index (χ4n) is 0.714. The summed E-state index contributed by atoms with van der Waals surface area (Å²) in [6.07, 6.45) is 0.122. The molecule has 0 aromatic carbocycles. The van der Waals surface area contributed by atoms with Crippen molar-refractivity contribution in [2.75, 3.05) is 5.73 Å². The maximum absolute atomic E-state index is 5.57. The molecule has 1 rings (SSSR count). The van der Waals surface area contributed by atoms with Gasteiger partial charge < -0.3 is 10.5 Å². The molecule has 0 atom stereocenters. The van der Waals surface area contributed by atoms with Gasteiger partial charge in [-0.05, 0) is 25.4 Å². The zero-order valence-corrected chi connectivity index (χ0v) is 8.25. The van der Waals surface area contributed by atoms with E-state index < -0.39 is 0 Å². The highest BCUT2D eigenvalue weighted by molar-refractivity contribution is 6.28. The quantitative estimate of drug-likeness (QED) is 0.793. The molecule has 0 amide bonds. The maximum atomic E-state index is 5.57. The van der Waals surface area contributed by atoms with Gasteiger partial charge in [0.1, 0.15) is 6.61 Å². The highest BCUT2D eigenvalue weighted by atomic mass is 35.5. The van der Waals surface area contributed by atoms with Crippen molar-refractivity contribution < 1.29 is 4.74 Å². The molecule has 0 unspecified atom stereocenters. The average Bonchev–Trinajstić information content (AvgIpc) is 1.99. The molecule has 13 heavy (non-hydrogen) atoms. The van der Waals surface area contributed by atoms with Crippen LogP contribution in [0.1, 0.15) is 19.7 Å². The van der Waals surface area contributed by atoms with Crippen LogP contribution in [-0.2, 0) is 11.3 Å². The van der Waals surface area contributed by atoms with Crippen molar-refractivity contribution in [3.8, 4) is 0 Å². The minimum atomic E-state index is 0.0925. The van der Waals surface area contributed by atoms with Crippen molar-refractivity contribution in [1.29, 1.82) is 0 Å². The molecule has 5 nitrogen and oxygen atoms in total. The summed E-state index contributed by atoms with van der Waals surface area (Å²) in [6.45, 7) is 4.14. The number of halogens is 1. The van der Waals surface area contributed by atoms with Gasteiger partial charge >= 0.3 is 0 Å². The molecule has 0 aliphatic rings.